The Balaban J connectivity index is 1.12. The van der Waals surface area contributed by atoms with E-state index in [-0.39, 0.29) is 41.2 Å². The average Bonchev–Trinajstić information content (AvgIpc) is 3.03. The van der Waals surface area contributed by atoms with Crippen LogP contribution in [0.3, 0.4) is 0 Å². The van der Waals surface area contributed by atoms with E-state index in [2.05, 4.69) is 29.9 Å². The third-order valence-electron chi connectivity index (χ3n) is 9.66. The van der Waals surface area contributed by atoms with Crippen LogP contribution in [0.15, 0.2) is 24.5 Å². The molecule has 5 rings (SSSR count). The van der Waals surface area contributed by atoms with Crippen LogP contribution in [0.1, 0.15) is 63.7 Å². The molecule has 3 aliphatic heterocycles. The highest BCUT2D eigenvalue weighted by atomic mass is 19.1. The van der Waals surface area contributed by atoms with Crippen molar-refractivity contribution in [3.8, 4) is 11.6 Å². The fourth-order valence-corrected chi connectivity index (χ4v) is 7.02. The summed E-state index contributed by atoms with van der Waals surface area (Å²) in [5.41, 5.74) is 0.348. The Labute approximate surface area is 270 Å². The number of carbonyl (C=O) groups is 2. The van der Waals surface area contributed by atoms with Gasteiger partial charge < -0.3 is 34.2 Å². The lowest BCUT2D eigenvalue weighted by Gasteiger charge is -2.54. The van der Waals surface area contributed by atoms with Crippen LogP contribution in [-0.4, -0.2) is 125 Å². The fraction of sp³-hybridized carbons (Fsp3) is 0.667. The number of anilines is 1. The Hall–Kier alpha value is -3.42. The molecule has 12 nitrogen and oxygen atoms in total. The van der Waals surface area contributed by atoms with E-state index in [4.69, 9.17) is 9.47 Å². The minimum Gasteiger partial charge on any atom is -0.464 e. The van der Waals surface area contributed by atoms with Crippen molar-refractivity contribution in [3.63, 3.8) is 0 Å². The number of piperidine rings is 2. The second kappa shape index (κ2) is 15.0. The quantitative estimate of drug-likeness (QED) is 0.344. The summed E-state index contributed by atoms with van der Waals surface area (Å²) in [4.78, 5) is 38.1. The van der Waals surface area contributed by atoms with E-state index >= 15 is 0 Å². The molecule has 1 amide bonds. The van der Waals surface area contributed by atoms with Crippen molar-refractivity contribution >= 4 is 17.7 Å². The van der Waals surface area contributed by atoms with Crippen LogP contribution >= 0.6 is 0 Å². The molecule has 252 valence electrons. The highest BCUT2D eigenvalue weighted by Gasteiger charge is 2.46. The lowest BCUT2D eigenvalue weighted by molar-refractivity contribution is -0.154. The average molecular weight is 642 g/mol. The number of β-amino-alcohol motifs (C(OH)–C–C–N with tert-alkyl or cyclic N) is 1. The molecule has 46 heavy (non-hydrogen) atoms. The molecular weight excluding hydrogens is 593 g/mol. The van der Waals surface area contributed by atoms with Crippen molar-refractivity contribution < 1.29 is 28.6 Å². The van der Waals surface area contributed by atoms with Crippen molar-refractivity contribution in [2.45, 2.75) is 65.5 Å². The number of aliphatic hydroxyl groups excluding tert-OH is 1. The van der Waals surface area contributed by atoms with Gasteiger partial charge in [0.05, 0.1) is 12.2 Å². The zero-order valence-corrected chi connectivity index (χ0v) is 27.5. The lowest BCUT2D eigenvalue weighted by Crippen LogP contribution is -2.61. The van der Waals surface area contributed by atoms with Gasteiger partial charge in [-0.05, 0) is 104 Å². The van der Waals surface area contributed by atoms with Gasteiger partial charge >= 0.3 is 5.97 Å². The molecule has 0 aliphatic carbocycles. The summed E-state index contributed by atoms with van der Waals surface area (Å²) < 4.78 is 25.3. The zero-order valence-electron chi connectivity index (χ0n) is 27.5. The first-order valence-corrected chi connectivity index (χ1v) is 16.6. The van der Waals surface area contributed by atoms with E-state index in [0.717, 1.165) is 71.5 Å². The van der Waals surface area contributed by atoms with E-state index in [1.54, 1.807) is 11.8 Å². The molecule has 1 aromatic heterocycles. The molecule has 3 saturated heterocycles. The summed E-state index contributed by atoms with van der Waals surface area (Å²) >= 11 is 0. The molecule has 2 aromatic rings. The Morgan fingerprint density at radius 2 is 1.83 bits per heavy atom. The van der Waals surface area contributed by atoms with Gasteiger partial charge in [0.25, 0.3) is 11.8 Å². The van der Waals surface area contributed by atoms with E-state index < -0.39 is 17.9 Å². The number of ether oxygens (including phenoxy) is 2. The van der Waals surface area contributed by atoms with Crippen molar-refractivity contribution in [1.82, 2.24) is 29.9 Å². The van der Waals surface area contributed by atoms with E-state index in [9.17, 15) is 19.1 Å². The van der Waals surface area contributed by atoms with E-state index in [1.165, 1.54) is 24.5 Å². The lowest BCUT2D eigenvalue weighted by atomic mass is 9.72. The Kier molecular flexibility index (Phi) is 11.1. The van der Waals surface area contributed by atoms with Crippen LogP contribution in [0.25, 0.3) is 0 Å². The van der Waals surface area contributed by atoms with Gasteiger partial charge in [-0.25, -0.2) is 14.2 Å². The number of hydrogen-bond acceptors (Lipinski definition) is 11. The van der Waals surface area contributed by atoms with Gasteiger partial charge in [0, 0.05) is 44.2 Å². The SMILES string of the molecule is CCOC(=O)C(O)CN1CCC(CN2CCC3(CC2)CN(c2ncnnc2Oc2ccc(F)cc2C(=O)N(CC)C(C)C)C3)CC1. The number of aromatic nitrogens is 3. The van der Waals surface area contributed by atoms with Gasteiger partial charge in [0.1, 0.15) is 17.9 Å². The number of rotatable bonds is 12. The minimum absolute atomic E-state index is 0.0526. The first kappa shape index (κ1) is 33.9. The molecule has 4 heterocycles. The molecule has 1 N–H and O–H groups in total. The molecule has 3 fully saturated rings. The van der Waals surface area contributed by atoms with Crippen molar-refractivity contribution in [1.29, 1.82) is 0 Å². The topological polar surface area (TPSA) is 124 Å². The maximum atomic E-state index is 14.2. The molecule has 1 atom stereocenters. The second-order valence-corrected chi connectivity index (χ2v) is 13.2. The van der Waals surface area contributed by atoms with Crippen LogP contribution in [0.4, 0.5) is 10.2 Å². The number of aliphatic hydroxyl groups is 1. The molecule has 0 saturated carbocycles. The number of nitrogens with zero attached hydrogens (tertiary/aromatic N) is 7. The number of amides is 1. The maximum absolute atomic E-state index is 14.2. The molecule has 1 spiro atoms. The van der Waals surface area contributed by atoms with Gasteiger partial charge in [-0.15, -0.1) is 10.2 Å². The normalized spacial score (nSPS) is 19.6. The number of esters is 1. The predicted molar refractivity (Wildman–Crippen MR) is 170 cm³/mol. The summed E-state index contributed by atoms with van der Waals surface area (Å²) in [7, 11) is 0. The third-order valence-corrected chi connectivity index (χ3v) is 9.66. The molecule has 3 aliphatic rings. The monoisotopic (exact) mass is 641 g/mol. The molecule has 13 heteroatoms. The second-order valence-electron chi connectivity index (χ2n) is 13.2. The van der Waals surface area contributed by atoms with Crippen molar-refractivity contribution in [2.24, 2.45) is 11.3 Å². The molecular formula is C33H48FN7O5. The first-order chi connectivity index (χ1) is 22.1. The Morgan fingerprint density at radius 3 is 2.48 bits per heavy atom. The number of likely N-dealkylation sites (tertiary alicyclic amines) is 2. The van der Waals surface area contributed by atoms with Crippen LogP contribution in [0, 0.1) is 17.2 Å². The summed E-state index contributed by atoms with van der Waals surface area (Å²) in [5.74, 6) is 0.242. The fourth-order valence-electron chi connectivity index (χ4n) is 7.02. The maximum Gasteiger partial charge on any atom is 0.336 e. The minimum atomic E-state index is -1.08. The van der Waals surface area contributed by atoms with Gasteiger partial charge in [-0.1, -0.05) is 0 Å². The smallest absolute Gasteiger partial charge is 0.336 e. The number of hydrogen-bond donors (Lipinski definition) is 1. The first-order valence-electron chi connectivity index (χ1n) is 16.6. The highest BCUT2D eigenvalue weighted by molar-refractivity contribution is 5.97. The van der Waals surface area contributed by atoms with E-state index in [0.29, 0.717) is 24.8 Å². The third kappa shape index (κ3) is 7.92. The predicted octanol–water partition coefficient (Wildman–Crippen LogP) is 3.21. The Bertz CT molecular complexity index is 1340. The number of carbonyl (C=O) groups excluding carboxylic acids is 2. The molecule has 1 unspecified atom stereocenters. The summed E-state index contributed by atoms with van der Waals surface area (Å²) in [6.07, 6.45) is 4.63. The molecule has 1 aromatic carbocycles. The summed E-state index contributed by atoms with van der Waals surface area (Å²) in [6, 6.07) is 3.88. The largest absolute Gasteiger partial charge is 0.464 e. The van der Waals surface area contributed by atoms with Gasteiger partial charge in [-0.3, -0.25) is 4.79 Å². The van der Waals surface area contributed by atoms with E-state index in [1.807, 2.05) is 20.8 Å². The number of halogens is 1. The zero-order chi connectivity index (χ0) is 32.8. The molecule has 0 radical (unpaired) electrons. The van der Waals surface area contributed by atoms with Crippen molar-refractivity contribution in [3.05, 3.63) is 35.9 Å². The summed E-state index contributed by atoms with van der Waals surface area (Å²) in [5, 5.41) is 18.2. The molecule has 0 bridgehead atoms. The van der Waals surface area contributed by atoms with Crippen LogP contribution in [-0.2, 0) is 9.53 Å². The van der Waals surface area contributed by atoms with Crippen LogP contribution in [0.2, 0.25) is 0 Å². The van der Waals surface area contributed by atoms with Crippen LogP contribution < -0.4 is 9.64 Å². The standard InChI is InChI=1S/C33H48FN7O5/c1-5-41(23(3)4)31(43)26-17-25(34)7-8-28(26)46-30-29(35-22-36-37-30)40-20-33(21-40)11-15-39(16-12-33)18-24-9-13-38(14-10-24)19-27(42)32(44)45-6-2/h7-8,17,22-24,27,42H,5-6,9-16,18-21H2,1-4H3. The summed E-state index contributed by atoms with van der Waals surface area (Å²) in [6.45, 7) is 15.2. The van der Waals surface area contributed by atoms with Crippen LogP contribution in [0.5, 0.6) is 11.6 Å². The van der Waals surface area contributed by atoms with Crippen molar-refractivity contribution in [2.75, 3.05) is 70.4 Å². The van der Waals surface area contributed by atoms with Gasteiger partial charge in [0.15, 0.2) is 11.9 Å². The Morgan fingerprint density at radius 1 is 1.11 bits per heavy atom. The van der Waals surface area contributed by atoms with Gasteiger partial charge in [-0.2, -0.15) is 0 Å². The number of benzene rings is 1. The highest BCUT2D eigenvalue weighted by Crippen LogP contribution is 2.44. The van der Waals surface area contributed by atoms with Gasteiger partial charge in [0.2, 0.25) is 0 Å².